The van der Waals surface area contributed by atoms with Crippen LogP contribution in [0.4, 0.5) is 5.69 Å². The lowest BCUT2D eigenvalue weighted by Gasteiger charge is -2.15. The number of amides is 3. The smallest absolute Gasteiger partial charge is 0.261 e. The molecular formula is C26H24N2O4. The predicted molar refractivity (Wildman–Crippen MR) is 122 cm³/mol. The summed E-state index contributed by atoms with van der Waals surface area (Å²) in [5.74, 6) is -0.0906. The van der Waals surface area contributed by atoms with Gasteiger partial charge in [0.2, 0.25) is 0 Å². The molecule has 0 aliphatic carbocycles. The van der Waals surface area contributed by atoms with Crippen molar-refractivity contribution in [3.63, 3.8) is 0 Å². The van der Waals surface area contributed by atoms with Crippen LogP contribution in [0.3, 0.4) is 0 Å². The molecule has 1 heterocycles. The number of carbonyl (C=O) groups excluding carboxylic acids is 3. The van der Waals surface area contributed by atoms with Gasteiger partial charge in [-0.05, 0) is 61.7 Å². The lowest BCUT2D eigenvalue weighted by atomic mass is 10.1. The molecule has 3 aromatic rings. The molecule has 6 nitrogen and oxygen atoms in total. The molecule has 32 heavy (non-hydrogen) atoms. The van der Waals surface area contributed by atoms with Gasteiger partial charge in [-0.1, -0.05) is 36.4 Å². The Morgan fingerprint density at radius 3 is 2.22 bits per heavy atom. The van der Waals surface area contributed by atoms with Gasteiger partial charge in [0.15, 0.2) is 0 Å². The highest BCUT2D eigenvalue weighted by Gasteiger charge is 2.34. The van der Waals surface area contributed by atoms with Crippen LogP contribution in [0.15, 0.2) is 72.8 Å². The van der Waals surface area contributed by atoms with Gasteiger partial charge in [0.1, 0.15) is 5.75 Å². The van der Waals surface area contributed by atoms with Crippen molar-refractivity contribution in [2.45, 2.75) is 19.8 Å². The molecule has 3 amide bonds. The molecule has 0 fully saturated rings. The number of nitrogens with one attached hydrogen (secondary N) is 1. The zero-order chi connectivity index (χ0) is 22.5. The second-order valence-corrected chi connectivity index (χ2v) is 7.68. The SMILES string of the molecule is Cc1ccc(NC(=O)c2ccccc2)c(OCCCCN2C(=O)c3ccccc3C2=O)c1. The van der Waals surface area contributed by atoms with Gasteiger partial charge < -0.3 is 10.1 Å². The van der Waals surface area contributed by atoms with Crippen molar-refractivity contribution < 1.29 is 19.1 Å². The molecule has 162 valence electrons. The summed E-state index contributed by atoms with van der Waals surface area (Å²) < 4.78 is 5.93. The van der Waals surface area contributed by atoms with E-state index in [1.165, 1.54) is 4.90 Å². The average molecular weight is 428 g/mol. The molecule has 6 heteroatoms. The third kappa shape index (κ3) is 4.54. The Morgan fingerprint density at radius 2 is 1.53 bits per heavy atom. The number of carbonyl (C=O) groups is 3. The van der Waals surface area contributed by atoms with Gasteiger partial charge in [-0.2, -0.15) is 0 Å². The number of aryl methyl sites for hydroxylation is 1. The van der Waals surface area contributed by atoms with Crippen LogP contribution in [0, 0.1) is 6.92 Å². The number of ether oxygens (including phenoxy) is 1. The maximum absolute atomic E-state index is 12.5. The monoisotopic (exact) mass is 428 g/mol. The molecule has 4 rings (SSSR count). The third-order valence-corrected chi connectivity index (χ3v) is 5.33. The number of unbranched alkanes of at least 4 members (excludes halogenated alkanes) is 1. The summed E-state index contributed by atoms with van der Waals surface area (Å²) >= 11 is 0. The van der Waals surface area contributed by atoms with Crippen LogP contribution >= 0.6 is 0 Å². The van der Waals surface area contributed by atoms with E-state index in [-0.39, 0.29) is 17.7 Å². The van der Waals surface area contributed by atoms with E-state index in [9.17, 15) is 14.4 Å². The second-order valence-electron chi connectivity index (χ2n) is 7.68. The van der Waals surface area contributed by atoms with E-state index >= 15 is 0 Å². The number of imide groups is 1. The van der Waals surface area contributed by atoms with Crippen LogP contribution in [0.2, 0.25) is 0 Å². The van der Waals surface area contributed by atoms with Crippen LogP contribution in [0.5, 0.6) is 5.75 Å². The summed E-state index contributed by atoms with van der Waals surface area (Å²) in [5, 5.41) is 2.90. The van der Waals surface area contributed by atoms with Crippen molar-refractivity contribution in [3.05, 3.63) is 95.1 Å². The van der Waals surface area contributed by atoms with Gasteiger partial charge in [0.25, 0.3) is 17.7 Å². The largest absolute Gasteiger partial charge is 0.491 e. The second kappa shape index (κ2) is 9.47. The van der Waals surface area contributed by atoms with Crippen LogP contribution in [0.1, 0.15) is 49.5 Å². The molecular weight excluding hydrogens is 404 g/mol. The highest BCUT2D eigenvalue weighted by atomic mass is 16.5. The first-order valence-electron chi connectivity index (χ1n) is 10.6. The molecule has 0 atom stereocenters. The first kappa shape index (κ1) is 21.3. The quantitative estimate of drug-likeness (QED) is 0.417. The van der Waals surface area contributed by atoms with Crippen LogP contribution in [-0.2, 0) is 0 Å². The summed E-state index contributed by atoms with van der Waals surface area (Å²) in [6, 6.07) is 21.5. The fraction of sp³-hybridized carbons (Fsp3) is 0.192. The molecule has 0 spiro atoms. The van der Waals surface area contributed by atoms with E-state index in [2.05, 4.69) is 5.32 Å². The van der Waals surface area contributed by atoms with Gasteiger partial charge in [-0.3, -0.25) is 19.3 Å². The lowest BCUT2D eigenvalue weighted by molar-refractivity contribution is 0.0649. The van der Waals surface area contributed by atoms with Crippen LogP contribution in [-0.4, -0.2) is 35.8 Å². The Hall–Kier alpha value is -3.93. The minimum atomic E-state index is -0.240. The standard InChI is InChI=1S/C26H24N2O4/c1-18-13-14-22(27-24(29)19-9-3-2-4-10-19)23(17-18)32-16-8-7-15-28-25(30)20-11-5-6-12-21(20)26(28)31/h2-6,9-14,17H,7-8,15-16H2,1H3,(H,27,29). The molecule has 0 radical (unpaired) electrons. The fourth-order valence-corrected chi connectivity index (χ4v) is 3.63. The Labute approximate surface area is 186 Å². The zero-order valence-electron chi connectivity index (χ0n) is 17.8. The van der Waals surface area contributed by atoms with Crippen molar-refractivity contribution in [1.82, 2.24) is 4.90 Å². The average Bonchev–Trinajstić information content (AvgIpc) is 3.06. The van der Waals surface area contributed by atoms with Crippen molar-refractivity contribution in [1.29, 1.82) is 0 Å². The van der Waals surface area contributed by atoms with Crippen molar-refractivity contribution in [2.24, 2.45) is 0 Å². The van der Waals surface area contributed by atoms with Crippen molar-refractivity contribution in [2.75, 3.05) is 18.5 Å². The number of nitrogens with zero attached hydrogens (tertiary/aromatic N) is 1. The predicted octanol–water partition coefficient (Wildman–Crippen LogP) is 4.70. The third-order valence-electron chi connectivity index (χ3n) is 5.33. The zero-order valence-corrected chi connectivity index (χ0v) is 17.8. The first-order valence-corrected chi connectivity index (χ1v) is 10.6. The molecule has 1 aliphatic heterocycles. The van der Waals surface area contributed by atoms with E-state index in [1.54, 1.807) is 36.4 Å². The molecule has 0 aromatic heterocycles. The minimum Gasteiger partial charge on any atom is -0.491 e. The van der Waals surface area contributed by atoms with Crippen molar-refractivity contribution >= 4 is 23.4 Å². The number of hydrogen-bond donors (Lipinski definition) is 1. The number of anilines is 1. The van der Waals surface area contributed by atoms with E-state index < -0.39 is 0 Å². The molecule has 3 aromatic carbocycles. The molecule has 0 saturated heterocycles. The summed E-state index contributed by atoms with van der Waals surface area (Å²) in [5.41, 5.74) is 3.12. The topological polar surface area (TPSA) is 75.7 Å². The van der Waals surface area contributed by atoms with E-state index in [1.807, 2.05) is 43.3 Å². The van der Waals surface area contributed by atoms with E-state index in [0.717, 1.165) is 5.56 Å². The highest BCUT2D eigenvalue weighted by molar-refractivity contribution is 6.21. The number of benzene rings is 3. The highest BCUT2D eigenvalue weighted by Crippen LogP contribution is 2.27. The summed E-state index contributed by atoms with van der Waals surface area (Å²) in [6.07, 6.45) is 1.29. The van der Waals surface area contributed by atoms with Gasteiger partial charge in [0, 0.05) is 12.1 Å². The Kier molecular flexibility index (Phi) is 6.31. The fourth-order valence-electron chi connectivity index (χ4n) is 3.63. The Morgan fingerprint density at radius 1 is 0.875 bits per heavy atom. The lowest BCUT2D eigenvalue weighted by Crippen LogP contribution is -2.30. The van der Waals surface area contributed by atoms with E-state index in [4.69, 9.17) is 4.74 Å². The maximum atomic E-state index is 12.5. The van der Waals surface area contributed by atoms with Gasteiger partial charge in [0.05, 0.1) is 23.4 Å². The first-order chi connectivity index (χ1) is 15.5. The molecule has 0 saturated carbocycles. The van der Waals surface area contributed by atoms with Crippen LogP contribution in [0.25, 0.3) is 0 Å². The minimum absolute atomic E-state index is 0.204. The van der Waals surface area contributed by atoms with Gasteiger partial charge in [-0.15, -0.1) is 0 Å². The van der Waals surface area contributed by atoms with Gasteiger partial charge >= 0.3 is 0 Å². The molecule has 0 bridgehead atoms. The number of hydrogen-bond acceptors (Lipinski definition) is 4. The summed E-state index contributed by atoms with van der Waals surface area (Å²) in [6.45, 7) is 2.71. The van der Waals surface area contributed by atoms with Gasteiger partial charge in [-0.25, -0.2) is 0 Å². The summed E-state index contributed by atoms with van der Waals surface area (Å²) in [4.78, 5) is 38.6. The number of fused-ring (bicyclic) bond motifs is 1. The van der Waals surface area contributed by atoms with Crippen molar-refractivity contribution in [3.8, 4) is 5.75 Å². The Balaban J connectivity index is 1.31. The van der Waals surface area contributed by atoms with Crippen LogP contribution < -0.4 is 10.1 Å². The maximum Gasteiger partial charge on any atom is 0.261 e. The number of rotatable bonds is 8. The molecule has 1 N–H and O–H groups in total. The molecule has 1 aliphatic rings. The summed E-state index contributed by atoms with van der Waals surface area (Å²) in [7, 11) is 0. The Bertz CT molecular complexity index is 1120. The normalized spacial score (nSPS) is 12.6. The molecule has 0 unspecified atom stereocenters. The van der Waals surface area contributed by atoms with E-state index in [0.29, 0.717) is 54.1 Å².